The van der Waals surface area contributed by atoms with Crippen LogP contribution in [0.25, 0.3) is 0 Å². The van der Waals surface area contributed by atoms with Crippen molar-refractivity contribution >= 4 is 25.5 Å². The van der Waals surface area contributed by atoms with Gasteiger partial charge < -0.3 is 0 Å². The Morgan fingerprint density at radius 1 is 0.833 bits per heavy atom. The largest absolute Gasteiger partial charge is 0.297 e. The fourth-order valence-corrected chi connectivity index (χ4v) is 7.96. The zero-order valence-electron chi connectivity index (χ0n) is 14.9. The molecule has 24 heavy (non-hydrogen) atoms. The Morgan fingerprint density at radius 2 is 1.17 bits per heavy atom. The smallest absolute Gasteiger partial charge is 0.160 e. The Labute approximate surface area is 145 Å². The van der Waals surface area contributed by atoms with Crippen LogP contribution in [-0.4, -0.2) is 93.7 Å². The summed E-state index contributed by atoms with van der Waals surface area (Å²) in [6.07, 6.45) is 1.07. The molecular formula is C15H28N2O5S2. The van der Waals surface area contributed by atoms with Gasteiger partial charge in [-0.2, -0.15) is 0 Å². The van der Waals surface area contributed by atoms with Crippen molar-refractivity contribution in [3.05, 3.63) is 0 Å². The van der Waals surface area contributed by atoms with E-state index < -0.39 is 30.8 Å². The monoisotopic (exact) mass is 380 g/mol. The zero-order valence-corrected chi connectivity index (χ0v) is 16.5. The Morgan fingerprint density at radius 3 is 1.42 bits per heavy atom. The lowest BCUT2D eigenvalue weighted by Crippen LogP contribution is -2.51. The average molecular weight is 381 g/mol. The highest BCUT2D eigenvalue weighted by Gasteiger charge is 2.43. The van der Waals surface area contributed by atoms with Crippen LogP contribution < -0.4 is 0 Å². The topological polar surface area (TPSA) is 91.8 Å². The second-order valence-corrected chi connectivity index (χ2v) is 12.3. The highest BCUT2D eigenvalue weighted by atomic mass is 32.2. The molecule has 2 aliphatic rings. The summed E-state index contributed by atoms with van der Waals surface area (Å²) in [6, 6.07) is 0. The molecule has 0 aromatic heterocycles. The number of hydrogen-bond acceptors (Lipinski definition) is 7. The van der Waals surface area contributed by atoms with Gasteiger partial charge in [0, 0.05) is 11.1 Å². The molecule has 0 radical (unpaired) electrons. The molecule has 0 amide bonds. The SMILES string of the molecule is CN(CC(=O)CN(C)[C@@]1(C)CCS(=O)(=O)C1)[C@@]1(C)CCS(=O)(=O)C1. The molecule has 2 saturated heterocycles. The van der Waals surface area contributed by atoms with Crippen molar-refractivity contribution in [1.29, 1.82) is 0 Å². The highest BCUT2D eigenvalue weighted by Crippen LogP contribution is 2.29. The van der Waals surface area contributed by atoms with E-state index in [1.807, 2.05) is 23.6 Å². The number of carbonyl (C=O) groups is 1. The van der Waals surface area contributed by atoms with Gasteiger partial charge in [0.15, 0.2) is 25.5 Å². The molecule has 2 fully saturated rings. The number of carbonyl (C=O) groups excluding carboxylic acids is 1. The minimum atomic E-state index is -3.02. The molecule has 2 atom stereocenters. The van der Waals surface area contributed by atoms with E-state index in [1.165, 1.54) is 0 Å². The van der Waals surface area contributed by atoms with Crippen LogP contribution in [0.1, 0.15) is 26.7 Å². The Kier molecular flexibility index (Phi) is 5.23. The number of sulfone groups is 2. The molecule has 2 aliphatic heterocycles. The van der Waals surface area contributed by atoms with Crippen LogP contribution in [0, 0.1) is 0 Å². The van der Waals surface area contributed by atoms with Crippen molar-refractivity contribution in [2.45, 2.75) is 37.8 Å². The molecule has 0 aliphatic carbocycles. The van der Waals surface area contributed by atoms with Crippen molar-refractivity contribution in [3.8, 4) is 0 Å². The fraction of sp³-hybridized carbons (Fsp3) is 0.933. The van der Waals surface area contributed by atoms with Gasteiger partial charge in [0.1, 0.15) is 0 Å². The molecule has 0 N–H and O–H groups in total. The van der Waals surface area contributed by atoms with Crippen LogP contribution in [0.15, 0.2) is 0 Å². The third kappa shape index (κ3) is 4.36. The summed E-state index contributed by atoms with van der Waals surface area (Å²) in [5.41, 5.74) is -1.01. The summed E-state index contributed by atoms with van der Waals surface area (Å²) in [4.78, 5) is 16.0. The van der Waals surface area contributed by atoms with Crippen molar-refractivity contribution in [2.24, 2.45) is 0 Å². The summed E-state index contributed by atoms with van der Waals surface area (Å²) in [5, 5.41) is 0. The molecule has 2 rings (SSSR count). The number of hydrogen-bond donors (Lipinski definition) is 0. The molecule has 9 heteroatoms. The fourth-order valence-electron chi connectivity index (χ4n) is 3.55. The van der Waals surface area contributed by atoms with Crippen molar-refractivity contribution in [2.75, 3.05) is 50.2 Å². The lowest BCUT2D eigenvalue weighted by atomic mass is 9.98. The van der Waals surface area contributed by atoms with Gasteiger partial charge >= 0.3 is 0 Å². The predicted octanol–water partition coefficient (Wildman–Crippen LogP) is -0.426. The molecule has 7 nitrogen and oxygen atoms in total. The van der Waals surface area contributed by atoms with Crippen molar-refractivity contribution < 1.29 is 21.6 Å². The lowest BCUT2D eigenvalue weighted by molar-refractivity contribution is -0.123. The van der Waals surface area contributed by atoms with Gasteiger partial charge in [-0.25, -0.2) is 16.8 Å². The molecule has 0 unspecified atom stereocenters. The molecule has 140 valence electrons. The van der Waals surface area contributed by atoms with Crippen LogP contribution in [0.5, 0.6) is 0 Å². The maximum atomic E-state index is 12.4. The third-order valence-electron chi connectivity index (χ3n) is 5.64. The minimum Gasteiger partial charge on any atom is -0.297 e. The van der Waals surface area contributed by atoms with Crippen molar-refractivity contribution in [3.63, 3.8) is 0 Å². The van der Waals surface area contributed by atoms with E-state index in [9.17, 15) is 21.6 Å². The Hall–Kier alpha value is -0.510. The van der Waals surface area contributed by atoms with Gasteiger partial charge in [-0.15, -0.1) is 0 Å². The second-order valence-electron chi connectivity index (χ2n) is 7.93. The maximum absolute atomic E-state index is 12.4. The molecule has 0 aromatic carbocycles. The summed E-state index contributed by atoms with van der Waals surface area (Å²) >= 11 is 0. The van der Waals surface area contributed by atoms with E-state index in [0.717, 1.165) is 0 Å². The first-order valence-corrected chi connectivity index (χ1v) is 11.8. The third-order valence-corrected chi connectivity index (χ3v) is 9.41. The van der Waals surface area contributed by atoms with E-state index in [2.05, 4.69) is 0 Å². The standard InChI is InChI=1S/C15H28N2O5S2/c1-14(5-7-23(19,20)11-14)16(3)9-13(18)10-17(4)15(2)6-8-24(21,22)12-15/h5-12H2,1-4H3/t14-,15-/m0/s1. The van der Waals surface area contributed by atoms with Crippen molar-refractivity contribution in [1.82, 2.24) is 9.80 Å². The molecule has 0 bridgehead atoms. The molecular weight excluding hydrogens is 352 g/mol. The molecule has 0 spiro atoms. The van der Waals surface area contributed by atoms with Gasteiger partial charge in [-0.05, 0) is 40.8 Å². The van der Waals surface area contributed by atoms with E-state index in [1.54, 1.807) is 14.1 Å². The normalized spacial score (nSPS) is 34.9. The van der Waals surface area contributed by atoms with Gasteiger partial charge in [0.2, 0.25) is 0 Å². The van der Waals surface area contributed by atoms with Crippen LogP contribution >= 0.6 is 0 Å². The Bertz CT molecular complexity index is 658. The summed E-state index contributed by atoms with van der Waals surface area (Å²) in [5.74, 6) is 0.456. The maximum Gasteiger partial charge on any atom is 0.160 e. The lowest BCUT2D eigenvalue weighted by Gasteiger charge is -2.36. The molecule has 0 aromatic rings. The number of Topliss-reactive ketones (excluding diaryl/α,β-unsaturated/α-hetero) is 1. The predicted molar refractivity (Wildman–Crippen MR) is 93.6 cm³/mol. The van der Waals surface area contributed by atoms with Gasteiger partial charge in [-0.1, -0.05) is 0 Å². The number of rotatable bonds is 6. The summed E-state index contributed by atoms with van der Waals surface area (Å²) in [7, 11) is -2.49. The molecule has 2 heterocycles. The van der Waals surface area contributed by atoms with E-state index in [0.29, 0.717) is 12.8 Å². The molecule has 0 saturated carbocycles. The van der Waals surface area contributed by atoms with Crippen LogP contribution in [0.4, 0.5) is 0 Å². The minimum absolute atomic E-state index is 0.0314. The number of nitrogens with zero attached hydrogens (tertiary/aromatic N) is 2. The summed E-state index contributed by atoms with van der Waals surface area (Å²) in [6.45, 7) is 4.08. The second kappa shape index (κ2) is 6.34. The first-order valence-electron chi connectivity index (χ1n) is 8.12. The van der Waals surface area contributed by atoms with Crippen LogP contribution in [0.2, 0.25) is 0 Å². The average Bonchev–Trinajstić information content (AvgIpc) is 2.87. The van der Waals surface area contributed by atoms with Gasteiger partial charge in [-0.3, -0.25) is 14.6 Å². The zero-order chi connectivity index (χ0) is 18.4. The number of likely N-dealkylation sites (N-methyl/N-ethyl adjacent to an activating group) is 2. The van der Waals surface area contributed by atoms with Crippen LogP contribution in [0.3, 0.4) is 0 Å². The first-order chi connectivity index (χ1) is 10.8. The number of ketones is 1. The van der Waals surface area contributed by atoms with Crippen LogP contribution in [-0.2, 0) is 24.5 Å². The van der Waals surface area contributed by atoms with E-state index >= 15 is 0 Å². The summed E-state index contributed by atoms with van der Waals surface area (Å²) < 4.78 is 46.9. The van der Waals surface area contributed by atoms with E-state index in [4.69, 9.17) is 0 Å². The van der Waals surface area contributed by atoms with Gasteiger partial charge in [0.25, 0.3) is 0 Å². The highest BCUT2D eigenvalue weighted by molar-refractivity contribution is 7.92. The van der Waals surface area contributed by atoms with Gasteiger partial charge in [0.05, 0.1) is 36.1 Å². The Balaban J connectivity index is 1.94. The van der Waals surface area contributed by atoms with E-state index in [-0.39, 0.29) is 41.9 Å². The quantitative estimate of drug-likeness (QED) is 0.618. The first kappa shape index (κ1) is 19.8.